The lowest BCUT2D eigenvalue weighted by Gasteiger charge is -2.27. The van der Waals surface area contributed by atoms with Gasteiger partial charge < -0.3 is 20.3 Å². The van der Waals surface area contributed by atoms with Crippen molar-refractivity contribution >= 4 is 5.91 Å². The molecule has 5 nitrogen and oxygen atoms in total. The summed E-state index contributed by atoms with van der Waals surface area (Å²) in [6.07, 6.45) is 0.952. The normalized spacial score (nSPS) is 14.9. The molecule has 0 saturated carbocycles. The minimum atomic E-state index is -0.0909. The second-order valence-corrected chi connectivity index (χ2v) is 6.11. The van der Waals surface area contributed by atoms with Crippen LogP contribution in [-0.4, -0.2) is 50.1 Å². The molecule has 0 aromatic heterocycles. The van der Waals surface area contributed by atoms with Gasteiger partial charge in [0.2, 0.25) is 0 Å². The van der Waals surface area contributed by atoms with Crippen LogP contribution < -0.4 is 15.4 Å². The van der Waals surface area contributed by atoms with Crippen molar-refractivity contribution in [3.8, 4) is 11.5 Å². The van der Waals surface area contributed by atoms with Gasteiger partial charge in [-0.05, 0) is 37.2 Å². The number of benzene rings is 2. The molecule has 1 aliphatic heterocycles. The lowest BCUT2D eigenvalue weighted by Crippen LogP contribution is -2.44. The van der Waals surface area contributed by atoms with Gasteiger partial charge >= 0.3 is 0 Å². The first-order chi connectivity index (χ1) is 12.3. The fourth-order valence-corrected chi connectivity index (χ4v) is 2.89. The number of nitrogens with zero attached hydrogens (tertiary/aromatic N) is 1. The summed E-state index contributed by atoms with van der Waals surface area (Å²) in [6.45, 7) is 5.96. The van der Waals surface area contributed by atoms with Crippen LogP contribution in [0.4, 0.5) is 0 Å². The van der Waals surface area contributed by atoms with Crippen LogP contribution in [0, 0.1) is 0 Å². The molecule has 3 rings (SSSR count). The Bertz CT molecular complexity index is 670. The predicted molar refractivity (Wildman–Crippen MR) is 99.2 cm³/mol. The molecule has 0 unspecified atom stereocenters. The molecular formula is C20H25N3O2. The molecule has 132 valence electrons. The van der Waals surface area contributed by atoms with Crippen molar-refractivity contribution in [1.29, 1.82) is 0 Å². The molecule has 0 atom stereocenters. The van der Waals surface area contributed by atoms with E-state index in [-0.39, 0.29) is 5.91 Å². The zero-order valence-corrected chi connectivity index (χ0v) is 14.4. The molecule has 1 saturated heterocycles. The maximum Gasteiger partial charge on any atom is 0.255 e. The molecule has 0 bridgehead atoms. The summed E-state index contributed by atoms with van der Waals surface area (Å²) >= 11 is 0. The number of ether oxygens (including phenoxy) is 1. The Labute approximate surface area is 149 Å². The Kier molecular flexibility index (Phi) is 6.42. The van der Waals surface area contributed by atoms with Gasteiger partial charge in [0, 0.05) is 32.7 Å². The minimum absolute atomic E-state index is 0.0909. The highest BCUT2D eigenvalue weighted by Crippen LogP contribution is 2.24. The van der Waals surface area contributed by atoms with E-state index in [0.29, 0.717) is 17.9 Å². The summed E-state index contributed by atoms with van der Waals surface area (Å²) in [6, 6.07) is 16.9. The molecule has 2 aromatic carbocycles. The Balaban J connectivity index is 1.51. The first-order valence-electron chi connectivity index (χ1n) is 8.86. The standard InChI is InChI=1S/C20H25N3O2/c24-20(22-11-6-14-23-15-12-21-13-16-23)18-9-4-5-10-19(18)25-17-7-2-1-3-8-17/h1-5,7-10,21H,6,11-16H2,(H,22,24). The van der Waals surface area contributed by atoms with E-state index in [1.165, 1.54) is 0 Å². The molecule has 0 aliphatic carbocycles. The number of piperazine rings is 1. The zero-order valence-electron chi connectivity index (χ0n) is 14.4. The minimum Gasteiger partial charge on any atom is -0.457 e. The molecule has 25 heavy (non-hydrogen) atoms. The van der Waals surface area contributed by atoms with Crippen LogP contribution in [0.2, 0.25) is 0 Å². The van der Waals surface area contributed by atoms with Gasteiger partial charge in [0.25, 0.3) is 5.91 Å². The lowest BCUT2D eigenvalue weighted by atomic mass is 10.2. The number of rotatable bonds is 7. The summed E-state index contributed by atoms with van der Waals surface area (Å²) in [4.78, 5) is 14.9. The summed E-state index contributed by atoms with van der Waals surface area (Å²) in [5, 5.41) is 6.35. The third kappa shape index (κ3) is 5.31. The third-order valence-corrected chi connectivity index (χ3v) is 4.25. The van der Waals surface area contributed by atoms with Gasteiger partial charge in [-0.3, -0.25) is 4.79 Å². The van der Waals surface area contributed by atoms with Crippen LogP contribution in [0.1, 0.15) is 16.8 Å². The van der Waals surface area contributed by atoms with E-state index in [4.69, 9.17) is 4.74 Å². The maximum atomic E-state index is 12.5. The van der Waals surface area contributed by atoms with E-state index in [1.54, 1.807) is 6.07 Å². The van der Waals surface area contributed by atoms with E-state index < -0.39 is 0 Å². The van der Waals surface area contributed by atoms with Crippen molar-refractivity contribution in [3.63, 3.8) is 0 Å². The van der Waals surface area contributed by atoms with Crippen molar-refractivity contribution in [2.24, 2.45) is 0 Å². The summed E-state index contributed by atoms with van der Waals surface area (Å²) in [7, 11) is 0. The predicted octanol–water partition coefficient (Wildman–Crippen LogP) is 2.50. The van der Waals surface area contributed by atoms with Crippen LogP contribution in [0.15, 0.2) is 54.6 Å². The van der Waals surface area contributed by atoms with E-state index in [0.717, 1.165) is 44.9 Å². The van der Waals surface area contributed by atoms with Crippen molar-refractivity contribution in [3.05, 3.63) is 60.2 Å². The summed E-state index contributed by atoms with van der Waals surface area (Å²) in [5.41, 5.74) is 0.563. The molecule has 1 fully saturated rings. The van der Waals surface area contributed by atoms with Gasteiger partial charge in [-0.2, -0.15) is 0 Å². The molecule has 2 N–H and O–H groups in total. The number of carbonyl (C=O) groups excluding carboxylic acids is 1. The molecule has 1 heterocycles. The number of hydrogen-bond donors (Lipinski definition) is 2. The second-order valence-electron chi connectivity index (χ2n) is 6.11. The number of para-hydroxylation sites is 2. The molecule has 0 spiro atoms. The number of amides is 1. The van der Waals surface area contributed by atoms with Crippen LogP contribution in [0.3, 0.4) is 0 Å². The van der Waals surface area contributed by atoms with Crippen LogP contribution in [0.5, 0.6) is 11.5 Å². The van der Waals surface area contributed by atoms with Gasteiger partial charge in [0.05, 0.1) is 5.56 Å². The highest BCUT2D eigenvalue weighted by molar-refractivity contribution is 5.96. The highest BCUT2D eigenvalue weighted by atomic mass is 16.5. The molecule has 2 aromatic rings. The molecule has 1 amide bonds. The highest BCUT2D eigenvalue weighted by Gasteiger charge is 2.13. The Morgan fingerprint density at radius 2 is 1.76 bits per heavy atom. The van der Waals surface area contributed by atoms with E-state index in [9.17, 15) is 4.79 Å². The van der Waals surface area contributed by atoms with E-state index in [1.807, 2.05) is 48.5 Å². The third-order valence-electron chi connectivity index (χ3n) is 4.25. The van der Waals surface area contributed by atoms with E-state index >= 15 is 0 Å². The smallest absolute Gasteiger partial charge is 0.255 e. The molecule has 0 radical (unpaired) electrons. The van der Waals surface area contributed by atoms with Crippen LogP contribution in [0.25, 0.3) is 0 Å². The largest absolute Gasteiger partial charge is 0.457 e. The Morgan fingerprint density at radius 1 is 1.04 bits per heavy atom. The Hall–Kier alpha value is -2.37. The first-order valence-corrected chi connectivity index (χ1v) is 8.86. The quantitative estimate of drug-likeness (QED) is 0.761. The van der Waals surface area contributed by atoms with Crippen molar-refractivity contribution in [2.75, 3.05) is 39.3 Å². The number of hydrogen-bond acceptors (Lipinski definition) is 4. The van der Waals surface area contributed by atoms with Gasteiger partial charge in [-0.1, -0.05) is 30.3 Å². The zero-order chi connectivity index (χ0) is 17.3. The van der Waals surface area contributed by atoms with Crippen molar-refractivity contribution in [2.45, 2.75) is 6.42 Å². The second kappa shape index (κ2) is 9.20. The molecular weight excluding hydrogens is 314 g/mol. The van der Waals surface area contributed by atoms with Gasteiger partial charge in [0.15, 0.2) is 0 Å². The van der Waals surface area contributed by atoms with Crippen LogP contribution >= 0.6 is 0 Å². The van der Waals surface area contributed by atoms with Gasteiger partial charge in [-0.25, -0.2) is 0 Å². The maximum absolute atomic E-state index is 12.5. The first kappa shape index (κ1) is 17.5. The van der Waals surface area contributed by atoms with Crippen molar-refractivity contribution in [1.82, 2.24) is 15.5 Å². The number of carbonyl (C=O) groups is 1. The van der Waals surface area contributed by atoms with Gasteiger partial charge in [0.1, 0.15) is 11.5 Å². The lowest BCUT2D eigenvalue weighted by molar-refractivity contribution is 0.0949. The topological polar surface area (TPSA) is 53.6 Å². The Morgan fingerprint density at radius 3 is 2.56 bits per heavy atom. The molecule has 5 heteroatoms. The van der Waals surface area contributed by atoms with E-state index in [2.05, 4.69) is 15.5 Å². The summed E-state index contributed by atoms with van der Waals surface area (Å²) in [5.74, 6) is 1.21. The average Bonchev–Trinajstić information content (AvgIpc) is 2.67. The van der Waals surface area contributed by atoms with Crippen LogP contribution in [-0.2, 0) is 0 Å². The average molecular weight is 339 g/mol. The van der Waals surface area contributed by atoms with Gasteiger partial charge in [-0.15, -0.1) is 0 Å². The SMILES string of the molecule is O=C(NCCCN1CCNCC1)c1ccccc1Oc1ccccc1. The fraction of sp³-hybridized carbons (Fsp3) is 0.350. The monoisotopic (exact) mass is 339 g/mol. The molecule has 1 aliphatic rings. The van der Waals surface area contributed by atoms with Crippen molar-refractivity contribution < 1.29 is 9.53 Å². The number of nitrogens with one attached hydrogen (secondary N) is 2. The summed E-state index contributed by atoms with van der Waals surface area (Å²) < 4.78 is 5.86. The fourth-order valence-electron chi connectivity index (χ4n) is 2.89.